The predicted octanol–water partition coefficient (Wildman–Crippen LogP) is 13.6. The van der Waals surface area contributed by atoms with Crippen LogP contribution in [0.1, 0.15) is 11.1 Å². The number of hydrogen-bond acceptors (Lipinski definition) is 1. The summed E-state index contributed by atoms with van der Waals surface area (Å²) in [6.45, 7) is 0. The normalized spacial score (nSPS) is 12.1. The van der Waals surface area contributed by atoms with E-state index in [-0.39, 0.29) is 5.84 Å². The molecule has 0 saturated heterocycles. The number of allylic oxidation sites excluding steroid dienone is 1. The maximum Gasteiger partial charge on any atom is 0.154 e. The van der Waals surface area contributed by atoms with Crippen LogP contribution in [0.3, 0.4) is 0 Å². The zero-order chi connectivity index (χ0) is 36.7. The molecular formula is C52H35N3. The number of aliphatic imine (C=N–C) groups is 1. The van der Waals surface area contributed by atoms with Crippen molar-refractivity contribution in [2.24, 2.45) is 4.99 Å². The molecule has 0 bridgehead atoms. The molecule has 10 rings (SSSR count). The van der Waals surface area contributed by atoms with Crippen LogP contribution in [-0.4, -0.2) is 16.2 Å². The van der Waals surface area contributed by atoms with E-state index in [1.54, 1.807) is 0 Å². The highest BCUT2D eigenvalue weighted by molar-refractivity contribution is 6.21. The van der Waals surface area contributed by atoms with Gasteiger partial charge in [-0.25, -0.2) is 4.99 Å². The fraction of sp³-hybridized carbons (Fsp3) is 0. The van der Waals surface area contributed by atoms with Gasteiger partial charge in [-0.15, -0.1) is 0 Å². The maximum absolute atomic E-state index is 9.00. The molecule has 0 fully saturated rings. The zero-order valence-electron chi connectivity index (χ0n) is 30.0. The second kappa shape index (κ2) is 13.6. The van der Waals surface area contributed by atoms with Crippen LogP contribution in [0.25, 0.3) is 82.5 Å². The van der Waals surface area contributed by atoms with E-state index < -0.39 is 0 Å². The summed E-state index contributed by atoms with van der Waals surface area (Å²) < 4.78 is 2.17. The van der Waals surface area contributed by atoms with Gasteiger partial charge in [0.05, 0.1) is 11.0 Å². The largest absolute Gasteiger partial charge is 0.294 e. The molecular weight excluding hydrogens is 667 g/mol. The van der Waals surface area contributed by atoms with E-state index in [0.717, 1.165) is 44.1 Å². The molecule has 55 heavy (non-hydrogen) atoms. The summed E-state index contributed by atoms with van der Waals surface area (Å²) in [5.41, 5.74) is 8.64. The van der Waals surface area contributed by atoms with E-state index in [1.807, 2.05) is 36.4 Å². The lowest BCUT2D eigenvalue weighted by molar-refractivity contribution is 1.27. The highest BCUT2D eigenvalue weighted by atomic mass is 15.1. The average molecular weight is 702 g/mol. The second-order valence-corrected chi connectivity index (χ2v) is 13.9. The minimum absolute atomic E-state index is 0.210. The van der Waals surface area contributed by atoms with E-state index in [2.05, 4.69) is 174 Å². The highest BCUT2D eigenvalue weighted by Crippen LogP contribution is 2.40. The van der Waals surface area contributed by atoms with Crippen molar-refractivity contribution in [2.45, 2.75) is 0 Å². The van der Waals surface area contributed by atoms with Crippen LogP contribution in [0.15, 0.2) is 205 Å². The zero-order valence-corrected chi connectivity index (χ0v) is 30.0. The smallest absolute Gasteiger partial charge is 0.154 e. The summed E-state index contributed by atoms with van der Waals surface area (Å²) in [6, 6.07) is 68.4. The van der Waals surface area contributed by atoms with Crippen molar-refractivity contribution in [1.29, 1.82) is 5.41 Å². The van der Waals surface area contributed by atoms with Gasteiger partial charge in [0, 0.05) is 16.3 Å². The Morgan fingerprint density at radius 1 is 0.436 bits per heavy atom. The monoisotopic (exact) mass is 701 g/mol. The van der Waals surface area contributed by atoms with Crippen molar-refractivity contribution < 1.29 is 0 Å². The Morgan fingerprint density at radius 2 is 1.04 bits per heavy atom. The molecule has 0 aliphatic heterocycles. The number of fused-ring (bicyclic) bond motifs is 7. The van der Waals surface area contributed by atoms with Crippen molar-refractivity contribution in [3.05, 3.63) is 211 Å². The van der Waals surface area contributed by atoms with E-state index in [4.69, 9.17) is 10.4 Å². The Kier molecular flexibility index (Phi) is 7.96. The number of benzene rings is 9. The van der Waals surface area contributed by atoms with Crippen LogP contribution in [0.4, 0.5) is 0 Å². The van der Waals surface area contributed by atoms with Gasteiger partial charge in [-0.05, 0) is 96.5 Å². The minimum Gasteiger partial charge on any atom is -0.294 e. The van der Waals surface area contributed by atoms with Crippen LogP contribution in [0.5, 0.6) is 0 Å². The van der Waals surface area contributed by atoms with Crippen molar-refractivity contribution in [3.8, 4) is 22.3 Å². The van der Waals surface area contributed by atoms with Crippen molar-refractivity contribution in [2.75, 3.05) is 0 Å². The Labute approximate surface area is 319 Å². The summed E-state index contributed by atoms with van der Waals surface area (Å²) in [5.74, 6) is 0.885. The van der Waals surface area contributed by atoms with Gasteiger partial charge >= 0.3 is 0 Å². The Hall–Kier alpha value is -7.36. The molecule has 0 spiro atoms. The molecule has 0 radical (unpaired) electrons. The molecule has 0 unspecified atom stereocenters. The van der Waals surface area contributed by atoms with Gasteiger partial charge in [0.1, 0.15) is 5.84 Å². The summed E-state index contributed by atoms with van der Waals surface area (Å²) in [5, 5.41) is 18.8. The Balaban J connectivity index is 1.08. The molecule has 258 valence electrons. The third-order valence-corrected chi connectivity index (χ3v) is 10.6. The molecule has 0 atom stereocenters. The topological polar surface area (TPSA) is 41.1 Å². The summed E-state index contributed by atoms with van der Waals surface area (Å²) in [4.78, 5) is 4.98. The standard InChI is InChI=1S/C52H35N3/c53-52(37-16-2-1-3-17-37)54-50(55-48-26-10-8-24-44(48)45-25-9-11-27-49(45)55)31-28-35-14-12-19-38(32-35)39-20-13-21-41(33-39)51-43-23-7-5-18-40(43)34-47-42-22-6-4-15-36(42)29-30-46(47)51/h1-34,53H/b31-28+,53-52?,54-50?. The molecule has 1 aromatic heterocycles. The number of nitrogens with zero attached hydrogens (tertiary/aromatic N) is 2. The Morgan fingerprint density at radius 3 is 1.80 bits per heavy atom. The quantitative estimate of drug-likeness (QED) is 0.0803. The van der Waals surface area contributed by atoms with Gasteiger partial charge in [0.25, 0.3) is 0 Å². The lowest BCUT2D eigenvalue weighted by atomic mass is 9.89. The summed E-state index contributed by atoms with van der Waals surface area (Å²) in [7, 11) is 0. The average Bonchev–Trinajstić information content (AvgIpc) is 3.59. The molecule has 0 aliphatic rings. The molecule has 10 aromatic rings. The molecule has 3 nitrogen and oxygen atoms in total. The number of para-hydroxylation sites is 2. The third kappa shape index (κ3) is 5.80. The van der Waals surface area contributed by atoms with Crippen LogP contribution < -0.4 is 0 Å². The van der Waals surface area contributed by atoms with Gasteiger partial charge in [0.15, 0.2) is 5.84 Å². The first-order valence-electron chi connectivity index (χ1n) is 18.6. The molecule has 0 aliphatic carbocycles. The van der Waals surface area contributed by atoms with Crippen LogP contribution >= 0.6 is 0 Å². The van der Waals surface area contributed by atoms with Gasteiger partial charge in [-0.3, -0.25) is 9.98 Å². The van der Waals surface area contributed by atoms with Crippen molar-refractivity contribution in [3.63, 3.8) is 0 Å². The van der Waals surface area contributed by atoms with Crippen LogP contribution in [0.2, 0.25) is 0 Å². The Bertz CT molecular complexity index is 3110. The predicted molar refractivity (Wildman–Crippen MR) is 234 cm³/mol. The van der Waals surface area contributed by atoms with Gasteiger partial charge < -0.3 is 0 Å². The minimum atomic E-state index is 0.210. The molecule has 3 heteroatoms. The third-order valence-electron chi connectivity index (χ3n) is 10.6. The summed E-state index contributed by atoms with van der Waals surface area (Å²) >= 11 is 0. The van der Waals surface area contributed by atoms with E-state index in [9.17, 15) is 0 Å². The van der Waals surface area contributed by atoms with Crippen molar-refractivity contribution >= 4 is 71.9 Å². The molecule has 1 heterocycles. The molecule has 0 saturated carbocycles. The van der Waals surface area contributed by atoms with Crippen LogP contribution in [-0.2, 0) is 0 Å². The first-order chi connectivity index (χ1) is 27.2. The van der Waals surface area contributed by atoms with Gasteiger partial charge in [0.2, 0.25) is 0 Å². The van der Waals surface area contributed by atoms with E-state index in [0.29, 0.717) is 5.84 Å². The molecule has 1 N–H and O–H groups in total. The van der Waals surface area contributed by atoms with Crippen molar-refractivity contribution in [1.82, 2.24) is 4.57 Å². The first-order valence-corrected chi connectivity index (χ1v) is 18.6. The number of hydrogen-bond donors (Lipinski definition) is 1. The fourth-order valence-corrected chi connectivity index (χ4v) is 8.08. The SMILES string of the molecule is N=C(N=C(/C=C/c1cccc(-c2cccc(-c3c4ccccc4cc4c3ccc3ccccc34)c2)c1)n1c2ccccc2c2ccccc21)c1ccccc1. The lowest BCUT2D eigenvalue weighted by Gasteiger charge is -2.15. The number of aromatic nitrogens is 1. The molecule has 0 amide bonds. The highest BCUT2D eigenvalue weighted by Gasteiger charge is 2.15. The fourth-order valence-electron chi connectivity index (χ4n) is 8.08. The van der Waals surface area contributed by atoms with Gasteiger partial charge in [-0.1, -0.05) is 170 Å². The number of amidine groups is 1. The van der Waals surface area contributed by atoms with E-state index in [1.165, 1.54) is 43.4 Å². The number of rotatable bonds is 5. The lowest BCUT2D eigenvalue weighted by Crippen LogP contribution is -2.12. The molecule has 9 aromatic carbocycles. The van der Waals surface area contributed by atoms with Gasteiger partial charge in [-0.2, -0.15) is 0 Å². The number of nitrogens with one attached hydrogen (secondary N) is 1. The maximum atomic E-state index is 9.00. The second-order valence-electron chi connectivity index (χ2n) is 13.9. The first kappa shape index (κ1) is 32.3. The summed E-state index contributed by atoms with van der Waals surface area (Å²) in [6.07, 6.45) is 4.15. The van der Waals surface area contributed by atoms with E-state index >= 15 is 0 Å². The van der Waals surface area contributed by atoms with Crippen LogP contribution in [0, 0.1) is 5.41 Å².